The molecule has 0 N–H and O–H groups in total. The average Bonchev–Trinajstić information content (AvgIpc) is 2.18. The normalized spacial score (nSPS) is 25.5. The first-order chi connectivity index (χ1) is 6.77. The lowest BCUT2D eigenvalue weighted by atomic mass is 10.2. The molecule has 0 spiro atoms. The summed E-state index contributed by atoms with van der Waals surface area (Å²) in [5, 5.41) is 1.15. The molecule has 0 bridgehead atoms. The van der Waals surface area contributed by atoms with Gasteiger partial charge in [0.2, 0.25) is 0 Å². The summed E-state index contributed by atoms with van der Waals surface area (Å²) >= 11 is 3.48. The fourth-order valence-electron chi connectivity index (χ4n) is 2.17. The molecule has 1 heterocycles. The first-order valence-electron chi connectivity index (χ1n) is 5.80. The van der Waals surface area contributed by atoms with Gasteiger partial charge in [-0.05, 0) is 32.9 Å². The highest BCUT2D eigenvalue weighted by atomic mass is 79.9. The molecule has 1 unspecified atom stereocenters. The number of alkyl halides is 1. The fourth-order valence-corrected chi connectivity index (χ4v) is 2.57. The van der Waals surface area contributed by atoms with E-state index in [9.17, 15) is 0 Å². The van der Waals surface area contributed by atoms with Gasteiger partial charge < -0.3 is 4.90 Å². The molecule has 2 nitrogen and oxygen atoms in total. The maximum Gasteiger partial charge on any atom is 0.0195 e. The van der Waals surface area contributed by atoms with Crippen molar-refractivity contribution < 1.29 is 0 Å². The van der Waals surface area contributed by atoms with Crippen molar-refractivity contribution >= 4 is 15.9 Å². The predicted octanol–water partition coefficient (Wildman–Crippen LogP) is 2.19. The molecule has 84 valence electrons. The van der Waals surface area contributed by atoms with Crippen LogP contribution in [0.4, 0.5) is 0 Å². The van der Waals surface area contributed by atoms with Crippen molar-refractivity contribution in [2.45, 2.75) is 32.7 Å². The Balaban J connectivity index is 2.18. The molecular weight excluding hydrogens is 240 g/mol. The molecule has 14 heavy (non-hydrogen) atoms. The zero-order valence-electron chi connectivity index (χ0n) is 9.51. The summed E-state index contributed by atoms with van der Waals surface area (Å²) < 4.78 is 0. The van der Waals surface area contributed by atoms with E-state index in [4.69, 9.17) is 0 Å². The quantitative estimate of drug-likeness (QED) is 0.554. The van der Waals surface area contributed by atoms with E-state index in [0.29, 0.717) is 0 Å². The molecular formula is C11H23BrN2. The van der Waals surface area contributed by atoms with Crippen molar-refractivity contribution in [2.24, 2.45) is 0 Å². The summed E-state index contributed by atoms with van der Waals surface area (Å²) in [6, 6.07) is 0.748. The third-order valence-electron chi connectivity index (χ3n) is 3.11. The zero-order valence-corrected chi connectivity index (χ0v) is 11.1. The Bertz CT molecular complexity index is 150. The van der Waals surface area contributed by atoms with Crippen LogP contribution in [-0.2, 0) is 0 Å². The summed E-state index contributed by atoms with van der Waals surface area (Å²) in [5.41, 5.74) is 0. The summed E-state index contributed by atoms with van der Waals surface area (Å²) in [4.78, 5) is 5.18. The standard InChI is InChI=1S/C11H23BrN2/c1-3-14-9-8-13(10-11(14)2)7-5-4-6-12/h11H,3-10H2,1-2H3. The number of nitrogens with zero attached hydrogens (tertiary/aromatic N) is 2. The molecule has 1 aliphatic rings. The van der Waals surface area contributed by atoms with E-state index >= 15 is 0 Å². The lowest BCUT2D eigenvalue weighted by Gasteiger charge is -2.39. The number of unbranched alkanes of at least 4 members (excludes halogenated alkanes) is 1. The molecule has 1 saturated heterocycles. The minimum atomic E-state index is 0.748. The number of piperazine rings is 1. The molecule has 1 rings (SSSR count). The van der Waals surface area contributed by atoms with Crippen molar-refractivity contribution in [3.63, 3.8) is 0 Å². The second-order valence-electron chi connectivity index (χ2n) is 4.17. The minimum absolute atomic E-state index is 0.748. The van der Waals surface area contributed by atoms with Crippen molar-refractivity contribution in [3.8, 4) is 0 Å². The SMILES string of the molecule is CCN1CCN(CCCCBr)CC1C. The van der Waals surface area contributed by atoms with Gasteiger partial charge in [-0.1, -0.05) is 22.9 Å². The van der Waals surface area contributed by atoms with Gasteiger partial charge in [-0.15, -0.1) is 0 Å². The highest BCUT2D eigenvalue weighted by molar-refractivity contribution is 9.09. The smallest absolute Gasteiger partial charge is 0.0195 e. The van der Waals surface area contributed by atoms with Crippen LogP contribution in [0.1, 0.15) is 26.7 Å². The lowest BCUT2D eigenvalue weighted by Crippen LogP contribution is -2.51. The van der Waals surface area contributed by atoms with Crippen molar-refractivity contribution in [3.05, 3.63) is 0 Å². The van der Waals surface area contributed by atoms with E-state index in [0.717, 1.165) is 11.4 Å². The van der Waals surface area contributed by atoms with E-state index in [1.807, 2.05) is 0 Å². The van der Waals surface area contributed by atoms with Gasteiger partial charge in [0.25, 0.3) is 0 Å². The highest BCUT2D eigenvalue weighted by Gasteiger charge is 2.21. The Hall–Kier alpha value is 0.400. The van der Waals surface area contributed by atoms with Crippen LogP contribution in [0.5, 0.6) is 0 Å². The van der Waals surface area contributed by atoms with Gasteiger partial charge >= 0.3 is 0 Å². The van der Waals surface area contributed by atoms with Crippen molar-refractivity contribution in [2.75, 3.05) is 38.1 Å². The van der Waals surface area contributed by atoms with Crippen LogP contribution < -0.4 is 0 Å². The Kier molecular flexibility index (Phi) is 6.06. The molecule has 0 aromatic carbocycles. The van der Waals surface area contributed by atoms with Gasteiger partial charge in [-0.2, -0.15) is 0 Å². The van der Waals surface area contributed by atoms with E-state index in [-0.39, 0.29) is 0 Å². The monoisotopic (exact) mass is 262 g/mol. The molecule has 3 heteroatoms. The summed E-state index contributed by atoms with van der Waals surface area (Å²) in [6.07, 6.45) is 2.65. The first kappa shape index (κ1) is 12.5. The van der Waals surface area contributed by atoms with Crippen LogP contribution >= 0.6 is 15.9 Å². The van der Waals surface area contributed by atoms with Crippen LogP contribution in [0.3, 0.4) is 0 Å². The fraction of sp³-hybridized carbons (Fsp3) is 1.00. The van der Waals surface area contributed by atoms with Gasteiger partial charge in [-0.3, -0.25) is 4.90 Å². The van der Waals surface area contributed by atoms with E-state index < -0.39 is 0 Å². The molecule has 1 atom stereocenters. The van der Waals surface area contributed by atoms with Crippen molar-refractivity contribution in [1.29, 1.82) is 0 Å². The first-order valence-corrected chi connectivity index (χ1v) is 6.92. The maximum absolute atomic E-state index is 3.48. The van der Waals surface area contributed by atoms with Crippen molar-refractivity contribution in [1.82, 2.24) is 9.80 Å². The molecule has 1 fully saturated rings. The van der Waals surface area contributed by atoms with Gasteiger partial charge in [0, 0.05) is 31.0 Å². The number of hydrogen-bond donors (Lipinski definition) is 0. The third kappa shape index (κ3) is 3.87. The van der Waals surface area contributed by atoms with Gasteiger partial charge in [0.1, 0.15) is 0 Å². The third-order valence-corrected chi connectivity index (χ3v) is 3.67. The lowest BCUT2D eigenvalue weighted by molar-refractivity contribution is 0.0873. The van der Waals surface area contributed by atoms with Crippen LogP contribution in [-0.4, -0.2) is 53.9 Å². The number of rotatable bonds is 5. The van der Waals surface area contributed by atoms with Crippen LogP contribution in [0.15, 0.2) is 0 Å². The van der Waals surface area contributed by atoms with Gasteiger partial charge in [-0.25, -0.2) is 0 Å². The number of hydrogen-bond acceptors (Lipinski definition) is 2. The Labute approximate surface area is 96.8 Å². The molecule has 1 aliphatic heterocycles. The Morgan fingerprint density at radius 1 is 1.29 bits per heavy atom. The molecule has 0 saturated carbocycles. The highest BCUT2D eigenvalue weighted by Crippen LogP contribution is 2.09. The summed E-state index contributed by atoms with van der Waals surface area (Å²) in [7, 11) is 0. The topological polar surface area (TPSA) is 6.48 Å². The molecule has 0 aromatic heterocycles. The van der Waals surface area contributed by atoms with E-state index in [1.54, 1.807) is 0 Å². The van der Waals surface area contributed by atoms with Crippen LogP contribution in [0, 0.1) is 0 Å². The largest absolute Gasteiger partial charge is 0.301 e. The second-order valence-corrected chi connectivity index (χ2v) is 4.97. The van der Waals surface area contributed by atoms with Gasteiger partial charge in [0.05, 0.1) is 0 Å². The minimum Gasteiger partial charge on any atom is -0.301 e. The Morgan fingerprint density at radius 2 is 2.07 bits per heavy atom. The average molecular weight is 263 g/mol. The molecule has 0 aromatic rings. The van der Waals surface area contributed by atoms with Crippen LogP contribution in [0.2, 0.25) is 0 Å². The molecule has 0 radical (unpaired) electrons. The molecule has 0 aliphatic carbocycles. The Morgan fingerprint density at radius 3 is 2.64 bits per heavy atom. The molecule has 0 amide bonds. The second kappa shape index (κ2) is 6.81. The van der Waals surface area contributed by atoms with Gasteiger partial charge in [0.15, 0.2) is 0 Å². The maximum atomic E-state index is 3.48. The number of likely N-dealkylation sites (N-methyl/N-ethyl adjacent to an activating group) is 1. The number of halogens is 1. The van der Waals surface area contributed by atoms with E-state index in [1.165, 1.54) is 45.6 Å². The predicted molar refractivity (Wildman–Crippen MR) is 66.2 cm³/mol. The zero-order chi connectivity index (χ0) is 10.4. The van der Waals surface area contributed by atoms with E-state index in [2.05, 4.69) is 39.6 Å². The summed E-state index contributed by atoms with van der Waals surface area (Å²) in [5.74, 6) is 0. The van der Waals surface area contributed by atoms with Crippen LogP contribution in [0.25, 0.3) is 0 Å². The summed E-state index contributed by atoms with van der Waals surface area (Å²) in [6.45, 7) is 10.9.